The molecule has 2 heteroatoms. The molecule has 0 saturated carbocycles. The number of aliphatic hydroxyl groups excluding tert-OH is 1. The summed E-state index contributed by atoms with van der Waals surface area (Å²) in [6.45, 7) is 5.63. The van der Waals surface area contributed by atoms with E-state index in [9.17, 15) is 9.50 Å². The summed E-state index contributed by atoms with van der Waals surface area (Å²) in [5.41, 5.74) is 1.45. The van der Waals surface area contributed by atoms with Crippen LogP contribution in [-0.2, 0) is 6.42 Å². The number of hydrogen-bond donors (Lipinski definition) is 1. The van der Waals surface area contributed by atoms with Gasteiger partial charge in [0.15, 0.2) is 0 Å². The molecule has 0 spiro atoms. The second-order valence-electron chi connectivity index (χ2n) is 3.70. The predicted octanol–water partition coefficient (Wildman–Crippen LogP) is 3.17. The van der Waals surface area contributed by atoms with Crippen LogP contribution in [0.15, 0.2) is 24.8 Å². The summed E-state index contributed by atoms with van der Waals surface area (Å²) >= 11 is 0. The van der Waals surface area contributed by atoms with E-state index in [-0.39, 0.29) is 5.82 Å². The molecular formula is C13H17FO. The fraction of sp³-hybridized carbons (Fsp3) is 0.385. The van der Waals surface area contributed by atoms with Gasteiger partial charge in [0.1, 0.15) is 5.82 Å². The molecule has 15 heavy (non-hydrogen) atoms. The van der Waals surface area contributed by atoms with Crippen LogP contribution in [0.25, 0.3) is 6.08 Å². The third kappa shape index (κ3) is 3.48. The van der Waals surface area contributed by atoms with E-state index in [4.69, 9.17) is 0 Å². The Morgan fingerprint density at radius 1 is 1.53 bits per heavy atom. The van der Waals surface area contributed by atoms with Crippen molar-refractivity contribution in [2.45, 2.75) is 32.3 Å². The zero-order valence-corrected chi connectivity index (χ0v) is 9.04. The second kappa shape index (κ2) is 5.66. The van der Waals surface area contributed by atoms with E-state index in [2.05, 4.69) is 6.58 Å². The summed E-state index contributed by atoms with van der Waals surface area (Å²) in [4.78, 5) is 0. The average Bonchev–Trinajstić information content (AvgIpc) is 2.21. The van der Waals surface area contributed by atoms with Gasteiger partial charge in [0.05, 0.1) is 6.10 Å². The SMILES string of the molecule is C=Cc1ccc(F)c(CC(O)CCC)c1. The Kier molecular flexibility index (Phi) is 4.50. The molecule has 1 rings (SSSR count). The molecule has 82 valence electrons. The molecule has 1 aromatic carbocycles. The molecule has 0 bridgehead atoms. The van der Waals surface area contributed by atoms with Gasteiger partial charge in [-0.25, -0.2) is 4.39 Å². The highest BCUT2D eigenvalue weighted by molar-refractivity contribution is 5.48. The minimum atomic E-state index is -0.454. The van der Waals surface area contributed by atoms with Gasteiger partial charge in [-0.05, 0) is 29.7 Å². The fourth-order valence-corrected chi connectivity index (χ4v) is 1.57. The highest BCUT2D eigenvalue weighted by Gasteiger charge is 2.08. The Labute approximate surface area is 90.3 Å². The third-order valence-corrected chi connectivity index (χ3v) is 2.38. The van der Waals surface area contributed by atoms with Gasteiger partial charge in [0, 0.05) is 6.42 Å². The van der Waals surface area contributed by atoms with Crippen molar-refractivity contribution in [2.24, 2.45) is 0 Å². The van der Waals surface area contributed by atoms with Gasteiger partial charge in [-0.1, -0.05) is 32.1 Å². The lowest BCUT2D eigenvalue weighted by molar-refractivity contribution is 0.162. The van der Waals surface area contributed by atoms with Crippen molar-refractivity contribution in [3.05, 3.63) is 41.7 Å². The number of benzene rings is 1. The van der Waals surface area contributed by atoms with Crippen LogP contribution >= 0.6 is 0 Å². The zero-order valence-electron chi connectivity index (χ0n) is 9.04. The lowest BCUT2D eigenvalue weighted by atomic mass is 10.0. The van der Waals surface area contributed by atoms with Crippen LogP contribution in [0.5, 0.6) is 0 Å². The number of hydrogen-bond acceptors (Lipinski definition) is 1. The maximum Gasteiger partial charge on any atom is 0.126 e. The highest BCUT2D eigenvalue weighted by atomic mass is 19.1. The Bertz CT molecular complexity index is 333. The first-order valence-corrected chi connectivity index (χ1v) is 5.26. The molecular weight excluding hydrogens is 191 g/mol. The van der Waals surface area contributed by atoms with E-state index in [1.807, 2.05) is 6.92 Å². The summed E-state index contributed by atoms with van der Waals surface area (Å²) in [7, 11) is 0. The fourth-order valence-electron chi connectivity index (χ4n) is 1.57. The van der Waals surface area contributed by atoms with Crippen LogP contribution in [0.2, 0.25) is 0 Å². The zero-order chi connectivity index (χ0) is 11.3. The molecule has 1 unspecified atom stereocenters. The molecule has 0 amide bonds. The van der Waals surface area contributed by atoms with Crippen LogP contribution in [0, 0.1) is 5.82 Å². The lowest BCUT2D eigenvalue weighted by Crippen LogP contribution is -2.11. The van der Waals surface area contributed by atoms with E-state index in [1.165, 1.54) is 6.07 Å². The first-order chi connectivity index (χ1) is 7.17. The average molecular weight is 208 g/mol. The van der Waals surface area contributed by atoms with Gasteiger partial charge in [0.25, 0.3) is 0 Å². The molecule has 0 radical (unpaired) electrons. The standard InChI is InChI=1S/C13H17FO/c1-3-5-12(15)9-11-8-10(4-2)6-7-13(11)14/h4,6-8,12,15H,2-3,5,9H2,1H3. The molecule has 1 aromatic rings. The maximum absolute atomic E-state index is 13.4. The Morgan fingerprint density at radius 2 is 2.27 bits per heavy atom. The normalized spacial score (nSPS) is 12.5. The van der Waals surface area contributed by atoms with Crippen molar-refractivity contribution in [1.82, 2.24) is 0 Å². The van der Waals surface area contributed by atoms with Crippen molar-refractivity contribution in [3.63, 3.8) is 0 Å². The van der Waals surface area contributed by atoms with Crippen molar-refractivity contribution < 1.29 is 9.50 Å². The van der Waals surface area contributed by atoms with Gasteiger partial charge in [-0.15, -0.1) is 0 Å². The van der Waals surface area contributed by atoms with Crippen molar-refractivity contribution in [3.8, 4) is 0 Å². The lowest BCUT2D eigenvalue weighted by Gasteiger charge is -2.10. The number of aliphatic hydroxyl groups is 1. The summed E-state index contributed by atoms with van der Waals surface area (Å²) in [6, 6.07) is 4.84. The van der Waals surface area contributed by atoms with E-state index in [0.29, 0.717) is 18.4 Å². The number of halogens is 1. The molecule has 1 nitrogen and oxygen atoms in total. The summed E-state index contributed by atoms with van der Waals surface area (Å²) < 4.78 is 13.4. The van der Waals surface area contributed by atoms with E-state index < -0.39 is 6.10 Å². The molecule has 0 fully saturated rings. The molecule has 0 aliphatic heterocycles. The summed E-state index contributed by atoms with van der Waals surface area (Å²) in [5, 5.41) is 9.60. The quantitative estimate of drug-likeness (QED) is 0.788. The third-order valence-electron chi connectivity index (χ3n) is 2.38. The van der Waals surface area contributed by atoms with Crippen molar-refractivity contribution >= 4 is 6.08 Å². The molecule has 1 atom stereocenters. The van der Waals surface area contributed by atoms with Gasteiger partial charge in [-0.3, -0.25) is 0 Å². The Balaban J connectivity index is 2.78. The van der Waals surface area contributed by atoms with E-state index in [1.54, 1.807) is 18.2 Å². The van der Waals surface area contributed by atoms with Crippen LogP contribution in [0.1, 0.15) is 30.9 Å². The largest absolute Gasteiger partial charge is 0.393 e. The van der Waals surface area contributed by atoms with Crippen molar-refractivity contribution in [2.75, 3.05) is 0 Å². The van der Waals surface area contributed by atoms with Gasteiger partial charge in [-0.2, -0.15) is 0 Å². The van der Waals surface area contributed by atoms with E-state index in [0.717, 1.165) is 12.0 Å². The molecule has 0 saturated heterocycles. The topological polar surface area (TPSA) is 20.2 Å². The van der Waals surface area contributed by atoms with Crippen LogP contribution in [-0.4, -0.2) is 11.2 Å². The van der Waals surface area contributed by atoms with Crippen molar-refractivity contribution in [1.29, 1.82) is 0 Å². The van der Waals surface area contributed by atoms with Gasteiger partial charge < -0.3 is 5.11 Å². The molecule has 0 aromatic heterocycles. The first kappa shape index (κ1) is 11.9. The molecule has 0 aliphatic carbocycles. The van der Waals surface area contributed by atoms with Crippen LogP contribution in [0.3, 0.4) is 0 Å². The minimum Gasteiger partial charge on any atom is -0.393 e. The smallest absolute Gasteiger partial charge is 0.126 e. The molecule has 0 heterocycles. The van der Waals surface area contributed by atoms with Gasteiger partial charge in [0.2, 0.25) is 0 Å². The van der Waals surface area contributed by atoms with Gasteiger partial charge >= 0.3 is 0 Å². The first-order valence-electron chi connectivity index (χ1n) is 5.26. The monoisotopic (exact) mass is 208 g/mol. The van der Waals surface area contributed by atoms with Crippen LogP contribution < -0.4 is 0 Å². The molecule has 0 aliphatic rings. The molecule has 1 N–H and O–H groups in total. The second-order valence-corrected chi connectivity index (χ2v) is 3.70. The Hall–Kier alpha value is -1.15. The highest BCUT2D eigenvalue weighted by Crippen LogP contribution is 2.15. The maximum atomic E-state index is 13.4. The van der Waals surface area contributed by atoms with E-state index >= 15 is 0 Å². The number of rotatable bonds is 5. The minimum absolute atomic E-state index is 0.254. The predicted molar refractivity (Wildman–Crippen MR) is 61.1 cm³/mol. The summed E-state index contributed by atoms with van der Waals surface area (Å²) in [6.07, 6.45) is 3.21. The Morgan fingerprint density at radius 3 is 2.87 bits per heavy atom. The van der Waals surface area contributed by atoms with Crippen LogP contribution in [0.4, 0.5) is 4.39 Å². The summed E-state index contributed by atoms with van der Waals surface area (Å²) in [5.74, 6) is -0.254.